The largest absolute Gasteiger partial charge is 0.301 e. The van der Waals surface area contributed by atoms with Crippen LogP contribution < -0.4 is 4.72 Å². The summed E-state index contributed by atoms with van der Waals surface area (Å²) in [6.45, 7) is 1.82. The summed E-state index contributed by atoms with van der Waals surface area (Å²) in [7, 11) is -2.33. The minimum absolute atomic E-state index is 0.0423. The summed E-state index contributed by atoms with van der Waals surface area (Å²) in [6, 6.07) is 6.39. The zero-order valence-electron chi connectivity index (χ0n) is 13.4. The molecular formula is C15H18FN5O2S. The Hall–Kier alpha value is -2.28. The van der Waals surface area contributed by atoms with E-state index >= 15 is 0 Å². The van der Waals surface area contributed by atoms with Gasteiger partial charge in [-0.25, -0.2) is 9.37 Å². The number of nitrogens with zero attached hydrogens (tertiary/aromatic N) is 4. The van der Waals surface area contributed by atoms with Gasteiger partial charge in [-0.05, 0) is 24.6 Å². The third-order valence-corrected chi connectivity index (χ3v) is 5.02. The first kappa shape index (κ1) is 18.1. The first-order chi connectivity index (χ1) is 11.3. The minimum atomic E-state index is -3.71. The lowest BCUT2D eigenvalue weighted by Crippen LogP contribution is -2.38. The second-order valence-corrected chi connectivity index (χ2v) is 7.05. The Labute approximate surface area is 140 Å². The number of hydrogen-bond acceptors (Lipinski definition) is 4. The number of halogens is 1. The van der Waals surface area contributed by atoms with Crippen LogP contribution in [0.25, 0.3) is 5.69 Å². The van der Waals surface area contributed by atoms with Crippen molar-refractivity contribution in [3.05, 3.63) is 47.8 Å². The first-order valence-corrected chi connectivity index (χ1v) is 8.66. The average molecular weight is 351 g/mol. The molecule has 1 aromatic heterocycles. The summed E-state index contributed by atoms with van der Waals surface area (Å²) in [4.78, 5) is 4.05. The number of nitrogens with one attached hydrogen (secondary N) is 1. The second kappa shape index (κ2) is 7.53. The molecule has 24 heavy (non-hydrogen) atoms. The highest BCUT2D eigenvalue weighted by molar-refractivity contribution is 7.87. The van der Waals surface area contributed by atoms with Gasteiger partial charge in [0.15, 0.2) is 0 Å². The van der Waals surface area contributed by atoms with Crippen molar-refractivity contribution < 1.29 is 12.8 Å². The van der Waals surface area contributed by atoms with Crippen molar-refractivity contribution in [2.24, 2.45) is 0 Å². The van der Waals surface area contributed by atoms with Crippen molar-refractivity contribution in [3.8, 4) is 11.8 Å². The van der Waals surface area contributed by atoms with Crippen molar-refractivity contribution >= 4 is 10.2 Å². The standard InChI is InChI=1S/C15H18FN5O2S/c1-12-18-7-9-21(12)15-5-4-13(10-14(15)16)11-19-24(22,23)20(2)8-3-6-17/h4-5,7,9-10,19H,3,8,11H2,1-2H3. The van der Waals surface area contributed by atoms with Crippen LogP contribution in [-0.4, -0.2) is 35.9 Å². The van der Waals surface area contributed by atoms with Crippen molar-refractivity contribution in [1.29, 1.82) is 5.26 Å². The fourth-order valence-electron chi connectivity index (χ4n) is 2.10. The zero-order valence-corrected chi connectivity index (χ0v) is 14.2. The van der Waals surface area contributed by atoms with Crippen LogP contribution in [0.3, 0.4) is 0 Å². The monoisotopic (exact) mass is 351 g/mol. The molecule has 0 aliphatic carbocycles. The summed E-state index contributed by atoms with van der Waals surface area (Å²) in [5.41, 5.74) is 0.842. The predicted molar refractivity (Wildman–Crippen MR) is 86.9 cm³/mol. The fraction of sp³-hybridized carbons (Fsp3) is 0.333. The van der Waals surface area contributed by atoms with E-state index in [2.05, 4.69) is 9.71 Å². The van der Waals surface area contributed by atoms with Gasteiger partial charge in [0.25, 0.3) is 10.2 Å². The van der Waals surface area contributed by atoms with Gasteiger partial charge in [0, 0.05) is 39.0 Å². The molecule has 1 aromatic carbocycles. The Morgan fingerprint density at radius 3 is 2.79 bits per heavy atom. The molecule has 2 rings (SSSR count). The molecule has 7 nitrogen and oxygen atoms in total. The molecule has 9 heteroatoms. The van der Waals surface area contributed by atoms with Gasteiger partial charge in [0.2, 0.25) is 0 Å². The summed E-state index contributed by atoms with van der Waals surface area (Å²) in [6.07, 6.45) is 3.33. The van der Waals surface area contributed by atoms with E-state index in [1.54, 1.807) is 36.0 Å². The maximum atomic E-state index is 14.3. The van der Waals surface area contributed by atoms with E-state index in [1.807, 2.05) is 6.07 Å². The number of aryl methyl sites for hydroxylation is 1. The molecule has 1 heterocycles. The van der Waals surface area contributed by atoms with E-state index in [4.69, 9.17) is 5.26 Å². The Morgan fingerprint density at radius 2 is 2.21 bits per heavy atom. The van der Waals surface area contributed by atoms with Crippen LogP contribution in [0, 0.1) is 24.1 Å². The van der Waals surface area contributed by atoms with Gasteiger partial charge < -0.3 is 4.57 Å². The summed E-state index contributed by atoms with van der Waals surface area (Å²) in [5.74, 6) is 0.187. The van der Waals surface area contributed by atoms with Gasteiger partial charge >= 0.3 is 0 Å². The number of nitriles is 1. The highest BCUT2D eigenvalue weighted by Gasteiger charge is 2.17. The second-order valence-electron chi connectivity index (χ2n) is 5.19. The SMILES string of the molecule is Cc1nccn1-c1ccc(CNS(=O)(=O)N(C)CCC#N)cc1F. The maximum Gasteiger partial charge on any atom is 0.279 e. The lowest BCUT2D eigenvalue weighted by atomic mass is 10.2. The molecule has 0 aliphatic rings. The van der Waals surface area contributed by atoms with E-state index in [1.165, 1.54) is 13.1 Å². The Balaban J connectivity index is 2.08. The molecule has 0 radical (unpaired) electrons. The Bertz CT molecular complexity index is 857. The lowest BCUT2D eigenvalue weighted by Gasteiger charge is -2.16. The molecule has 0 atom stereocenters. The van der Waals surface area contributed by atoms with Gasteiger partial charge in [0.05, 0.1) is 11.8 Å². The molecule has 128 valence electrons. The van der Waals surface area contributed by atoms with Gasteiger partial charge in [-0.1, -0.05) is 6.07 Å². The van der Waals surface area contributed by atoms with E-state index in [-0.39, 0.29) is 19.5 Å². The van der Waals surface area contributed by atoms with Gasteiger partial charge in [-0.15, -0.1) is 0 Å². The molecule has 2 aromatic rings. The molecule has 0 amide bonds. The Morgan fingerprint density at radius 1 is 1.46 bits per heavy atom. The number of hydrogen-bond donors (Lipinski definition) is 1. The molecule has 0 bridgehead atoms. The number of benzene rings is 1. The van der Waals surface area contributed by atoms with E-state index < -0.39 is 16.0 Å². The number of rotatable bonds is 7. The van der Waals surface area contributed by atoms with Crippen LogP contribution >= 0.6 is 0 Å². The van der Waals surface area contributed by atoms with Gasteiger partial charge in [-0.3, -0.25) is 0 Å². The lowest BCUT2D eigenvalue weighted by molar-refractivity contribution is 0.464. The van der Waals surface area contributed by atoms with Crippen LogP contribution in [0.5, 0.6) is 0 Å². The van der Waals surface area contributed by atoms with Crippen molar-refractivity contribution in [1.82, 2.24) is 18.6 Å². The van der Waals surface area contributed by atoms with Crippen LogP contribution in [0.1, 0.15) is 17.8 Å². The zero-order chi connectivity index (χ0) is 17.7. The highest BCUT2D eigenvalue weighted by atomic mass is 32.2. The molecule has 0 aliphatic heterocycles. The fourth-order valence-corrected chi connectivity index (χ4v) is 3.00. The third kappa shape index (κ3) is 4.17. The quantitative estimate of drug-likeness (QED) is 0.818. The topological polar surface area (TPSA) is 91.0 Å². The molecule has 0 spiro atoms. The van der Waals surface area contributed by atoms with Gasteiger partial charge in [-0.2, -0.15) is 22.7 Å². The summed E-state index contributed by atoms with van der Waals surface area (Å²) < 4.78 is 43.3. The molecule has 0 fully saturated rings. The highest BCUT2D eigenvalue weighted by Crippen LogP contribution is 2.17. The van der Waals surface area contributed by atoms with Gasteiger partial charge in [0.1, 0.15) is 11.6 Å². The average Bonchev–Trinajstić information content (AvgIpc) is 2.96. The first-order valence-electron chi connectivity index (χ1n) is 7.22. The summed E-state index contributed by atoms with van der Waals surface area (Å²) >= 11 is 0. The normalized spacial score (nSPS) is 11.6. The Kier molecular flexibility index (Phi) is 5.66. The van der Waals surface area contributed by atoms with E-state index in [0.717, 1.165) is 4.31 Å². The van der Waals surface area contributed by atoms with Crippen molar-refractivity contribution in [2.45, 2.75) is 19.9 Å². The summed E-state index contributed by atoms with van der Waals surface area (Å²) in [5, 5.41) is 8.50. The van der Waals surface area contributed by atoms with Crippen LogP contribution in [0.2, 0.25) is 0 Å². The predicted octanol–water partition coefficient (Wildman–Crippen LogP) is 1.50. The minimum Gasteiger partial charge on any atom is -0.301 e. The number of aromatic nitrogens is 2. The third-order valence-electron chi connectivity index (χ3n) is 3.50. The van der Waals surface area contributed by atoms with Crippen molar-refractivity contribution in [3.63, 3.8) is 0 Å². The number of imidazole rings is 1. The molecule has 0 saturated heterocycles. The van der Waals surface area contributed by atoms with Crippen molar-refractivity contribution in [2.75, 3.05) is 13.6 Å². The van der Waals surface area contributed by atoms with Crippen LogP contribution in [0.4, 0.5) is 4.39 Å². The van der Waals surface area contributed by atoms with Crippen LogP contribution in [0.15, 0.2) is 30.6 Å². The van der Waals surface area contributed by atoms with Crippen LogP contribution in [-0.2, 0) is 16.8 Å². The molecule has 1 N–H and O–H groups in total. The molecule has 0 saturated carbocycles. The van der Waals surface area contributed by atoms with E-state index in [0.29, 0.717) is 17.1 Å². The van der Waals surface area contributed by atoms with E-state index in [9.17, 15) is 12.8 Å². The smallest absolute Gasteiger partial charge is 0.279 e. The maximum absolute atomic E-state index is 14.3. The molecular weight excluding hydrogens is 333 g/mol. The molecule has 0 unspecified atom stereocenters.